The molecule has 3 heterocycles. The molecule has 0 radical (unpaired) electrons. The Morgan fingerprint density at radius 2 is 1.86 bits per heavy atom. The van der Waals surface area contributed by atoms with E-state index in [0.717, 1.165) is 20.9 Å². The standard InChI is InChI=1S/C20H18ClN5O2S/c1-12-16(26-15-8-3-2-7-14(15)25-20(26)29-12)19(28)24-11-5-10-23-18(27)13-6-4-9-22-17(13)21/h2-4,6-9H,5,10-11H2,1H3,(H,23,27)(H,24,28). The molecule has 148 valence electrons. The normalized spacial score (nSPS) is 11.1. The molecule has 1 aromatic carbocycles. The number of aromatic nitrogens is 3. The molecular weight excluding hydrogens is 410 g/mol. The third kappa shape index (κ3) is 3.81. The average molecular weight is 428 g/mol. The van der Waals surface area contributed by atoms with Gasteiger partial charge in [-0.15, -0.1) is 11.3 Å². The molecule has 2 N–H and O–H groups in total. The summed E-state index contributed by atoms with van der Waals surface area (Å²) in [6.45, 7) is 2.76. The van der Waals surface area contributed by atoms with Gasteiger partial charge in [0.1, 0.15) is 10.8 Å². The van der Waals surface area contributed by atoms with Gasteiger partial charge in [-0.3, -0.25) is 14.0 Å². The van der Waals surface area contributed by atoms with Crippen molar-refractivity contribution in [1.82, 2.24) is 25.0 Å². The highest BCUT2D eigenvalue weighted by Gasteiger charge is 2.19. The SMILES string of the molecule is Cc1sc2nc3ccccc3n2c1C(=O)NCCCNC(=O)c1cccnc1Cl. The summed E-state index contributed by atoms with van der Waals surface area (Å²) in [5.41, 5.74) is 2.72. The smallest absolute Gasteiger partial charge is 0.269 e. The summed E-state index contributed by atoms with van der Waals surface area (Å²) < 4.78 is 1.90. The van der Waals surface area contributed by atoms with Crippen molar-refractivity contribution < 1.29 is 9.59 Å². The quantitative estimate of drug-likeness (QED) is 0.364. The first kappa shape index (κ1) is 19.4. The Balaban J connectivity index is 1.36. The van der Waals surface area contributed by atoms with Crippen LogP contribution in [0.2, 0.25) is 5.15 Å². The van der Waals surface area contributed by atoms with Crippen molar-refractivity contribution in [1.29, 1.82) is 0 Å². The highest BCUT2D eigenvalue weighted by molar-refractivity contribution is 7.17. The van der Waals surface area contributed by atoms with Gasteiger partial charge in [0.15, 0.2) is 4.96 Å². The summed E-state index contributed by atoms with van der Waals surface area (Å²) in [6, 6.07) is 11.0. The molecule has 0 spiro atoms. The molecule has 0 aliphatic heterocycles. The number of pyridine rings is 1. The lowest BCUT2D eigenvalue weighted by Crippen LogP contribution is -2.30. The molecule has 7 nitrogen and oxygen atoms in total. The second-order valence-electron chi connectivity index (χ2n) is 6.43. The number of carbonyl (C=O) groups is 2. The Bertz CT molecular complexity index is 1220. The molecule has 2 amide bonds. The largest absolute Gasteiger partial charge is 0.352 e. The fourth-order valence-electron chi connectivity index (χ4n) is 3.12. The third-order valence-corrected chi connectivity index (χ3v) is 5.73. The summed E-state index contributed by atoms with van der Waals surface area (Å²) in [6.07, 6.45) is 2.12. The van der Waals surface area contributed by atoms with Crippen LogP contribution in [-0.4, -0.2) is 39.3 Å². The number of rotatable bonds is 6. The highest BCUT2D eigenvalue weighted by Crippen LogP contribution is 2.27. The van der Waals surface area contributed by atoms with E-state index >= 15 is 0 Å². The van der Waals surface area contributed by atoms with E-state index < -0.39 is 0 Å². The number of benzene rings is 1. The Morgan fingerprint density at radius 1 is 1.10 bits per heavy atom. The van der Waals surface area contributed by atoms with Gasteiger partial charge in [0.25, 0.3) is 11.8 Å². The summed E-state index contributed by atoms with van der Waals surface area (Å²) in [4.78, 5) is 35.1. The number of nitrogens with one attached hydrogen (secondary N) is 2. The van der Waals surface area contributed by atoms with E-state index in [9.17, 15) is 9.59 Å². The van der Waals surface area contributed by atoms with E-state index in [0.29, 0.717) is 30.8 Å². The molecule has 0 aliphatic carbocycles. The van der Waals surface area contributed by atoms with Gasteiger partial charge < -0.3 is 10.6 Å². The van der Waals surface area contributed by atoms with Gasteiger partial charge in [-0.25, -0.2) is 9.97 Å². The Labute approximate surface area is 175 Å². The zero-order valence-corrected chi connectivity index (χ0v) is 17.2. The van der Waals surface area contributed by atoms with Gasteiger partial charge >= 0.3 is 0 Å². The van der Waals surface area contributed by atoms with Gasteiger partial charge in [-0.05, 0) is 37.6 Å². The second kappa shape index (κ2) is 8.18. The van der Waals surface area contributed by atoms with Gasteiger partial charge in [-0.2, -0.15) is 0 Å². The van der Waals surface area contributed by atoms with Crippen molar-refractivity contribution in [2.75, 3.05) is 13.1 Å². The molecule has 0 fully saturated rings. The molecular formula is C20H18ClN5O2S. The number of hydrogen-bond acceptors (Lipinski definition) is 5. The van der Waals surface area contributed by atoms with Crippen LogP contribution < -0.4 is 10.6 Å². The van der Waals surface area contributed by atoms with E-state index in [1.807, 2.05) is 35.6 Å². The molecule has 0 aliphatic rings. The molecule has 4 rings (SSSR count). The number of imidazole rings is 1. The first-order valence-electron chi connectivity index (χ1n) is 9.10. The van der Waals surface area contributed by atoms with Crippen LogP contribution in [0.5, 0.6) is 0 Å². The second-order valence-corrected chi connectivity index (χ2v) is 7.97. The van der Waals surface area contributed by atoms with Crippen molar-refractivity contribution in [3.63, 3.8) is 0 Å². The summed E-state index contributed by atoms with van der Waals surface area (Å²) in [5, 5.41) is 5.88. The van der Waals surface area contributed by atoms with Crippen molar-refractivity contribution in [2.45, 2.75) is 13.3 Å². The lowest BCUT2D eigenvalue weighted by molar-refractivity contribution is 0.0947. The number of fused-ring (bicyclic) bond motifs is 3. The summed E-state index contributed by atoms with van der Waals surface area (Å²) in [7, 11) is 0. The Hall–Kier alpha value is -2.97. The van der Waals surface area contributed by atoms with Crippen LogP contribution in [0.1, 0.15) is 32.1 Å². The molecule has 0 saturated carbocycles. The van der Waals surface area contributed by atoms with Crippen LogP contribution >= 0.6 is 22.9 Å². The highest BCUT2D eigenvalue weighted by atomic mass is 35.5. The number of hydrogen-bond donors (Lipinski definition) is 2. The van der Waals surface area contributed by atoms with Crippen molar-refractivity contribution in [3.05, 3.63) is 63.9 Å². The fourth-order valence-corrected chi connectivity index (χ4v) is 4.30. The van der Waals surface area contributed by atoms with Crippen LogP contribution in [0.3, 0.4) is 0 Å². The number of thiazole rings is 1. The maximum atomic E-state index is 12.8. The number of halogens is 1. The first-order chi connectivity index (χ1) is 14.1. The molecule has 29 heavy (non-hydrogen) atoms. The van der Waals surface area contributed by atoms with E-state index in [1.54, 1.807) is 12.1 Å². The predicted octanol–water partition coefficient (Wildman–Crippen LogP) is 3.46. The molecule has 0 unspecified atom stereocenters. The first-order valence-corrected chi connectivity index (χ1v) is 10.3. The molecule has 0 bridgehead atoms. The fraction of sp³-hybridized carbons (Fsp3) is 0.200. The molecule has 9 heteroatoms. The summed E-state index contributed by atoms with van der Waals surface area (Å²) >= 11 is 7.41. The van der Waals surface area contributed by atoms with Gasteiger partial charge in [0.05, 0.1) is 16.6 Å². The Kier molecular flexibility index (Phi) is 5.46. The minimum absolute atomic E-state index is 0.154. The number of nitrogens with zero attached hydrogens (tertiary/aromatic N) is 3. The van der Waals surface area contributed by atoms with Crippen LogP contribution in [0.15, 0.2) is 42.6 Å². The zero-order chi connectivity index (χ0) is 20.4. The average Bonchev–Trinajstić information content (AvgIpc) is 3.22. The van der Waals surface area contributed by atoms with Gasteiger partial charge in [0.2, 0.25) is 0 Å². The molecule has 0 saturated heterocycles. The van der Waals surface area contributed by atoms with Crippen LogP contribution in [0.4, 0.5) is 0 Å². The molecule has 0 atom stereocenters. The maximum Gasteiger partial charge on any atom is 0.269 e. The van der Waals surface area contributed by atoms with E-state index in [4.69, 9.17) is 11.6 Å². The van der Waals surface area contributed by atoms with Gasteiger partial charge in [0, 0.05) is 24.2 Å². The number of para-hydroxylation sites is 2. The molecule has 3 aromatic heterocycles. The minimum atomic E-state index is -0.283. The maximum absolute atomic E-state index is 12.8. The van der Waals surface area contributed by atoms with Crippen LogP contribution in [0.25, 0.3) is 16.0 Å². The topological polar surface area (TPSA) is 88.4 Å². The monoisotopic (exact) mass is 427 g/mol. The molecule has 4 aromatic rings. The lowest BCUT2D eigenvalue weighted by atomic mass is 10.2. The van der Waals surface area contributed by atoms with E-state index in [1.165, 1.54) is 17.5 Å². The van der Waals surface area contributed by atoms with Crippen LogP contribution in [-0.2, 0) is 0 Å². The van der Waals surface area contributed by atoms with Gasteiger partial charge in [-0.1, -0.05) is 23.7 Å². The third-order valence-electron chi connectivity index (χ3n) is 4.47. The van der Waals surface area contributed by atoms with E-state index in [-0.39, 0.29) is 17.0 Å². The number of amides is 2. The number of aryl methyl sites for hydroxylation is 1. The van der Waals surface area contributed by atoms with Crippen molar-refractivity contribution in [2.24, 2.45) is 0 Å². The van der Waals surface area contributed by atoms with Crippen LogP contribution in [0, 0.1) is 6.92 Å². The Morgan fingerprint density at radius 3 is 2.66 bits per heavy atom. The van der Waals surface area contributed by atoms with Crippen molar-refractivity contribution >= 4 is 50.7 Å². The number of carbonyl (C=O) groups excluding carboxylic acids is 2. The van der Waals surface area contributed by atoms with E-state index in [2.05, 4.69) is 20.6 Å². The summed E-state index contributed by atoms with van der Waals surface area (Å²) in [5.74, 6) is -0.437. The van der Waals surface area contributed by atoms with Crippen molar-refractivity contribution in [3.8, 4) is 0 Å². The zero-order valence-electron chi connectivity index (χ0n) is 15.6. The lowest BCUT2D eigenvalue weighted by Gasteiger charge is -2.08. The minimum Gasteiger partial charge on any atom is -0.352 e. The predicted molar refractivity (Wildman–Crippen MR) is 114 cm³/mol.